The molecule has 33 nitrogen and oxygen atoms in total. The summed E-state index contributed by atoms with van der Waals surface area (Å²) in [6.45, 7) is 23.3. The van der Waals surface area contributed by atoms with Gasteiger partial charge < -0.3 is 109 Å². The topological polar surface area (TPSA) is 569 Å². The van der Waals surface area contributed by atoms with Crippen LogP contribution >= 0.6 is 0 Å². The Morgan fingerprint density at radius 2 is 0.658 bits per heavy atom. The fourth-order valence-corrected chi connectivity index (χ4v) is 13.3. The summed E-state index contributed by atoms with van der Waals surface area (Å²) in [7, 11) is 0. The molecule has 0 spiro atoms. The van der Waals surface area contributed by atoms with Gasteiger partial charge in [0.2, 0.25) is 70.9 Å². The van der Waals surface area contributed by atoms with E-state index in [1.807, 2.05) is 62.4 Å². The quantitative estimate of drug-likeness (QED) is 0.0420. The van der Waals surface area contributed by atoms with Crippen LogP contribution in [0.4, 0.5) is 0 Å². The molecule has 0 aliphatic rings. The van der Waals surface area contributed by atoms with Crippen molar-refractivity contribution in [3.05, 3.63) is 59.7 Å². The second kappa shape index (κ2) is 57.4. The molecule has 2 aromatic carbocycles. The fourth-order valence-electron chi connectivity index (χ4n) is 13.3. The van der Waals surface area contributed by atoms with Crippen LogP contribution in [0, 0.1) is 35.5 Å². The summed E-state index contributed by atoms with van der Waals surface area (Å²) in [6.07, 6.45) is 8.10. The third kappa shape index (κ3) is 39.6. The molecule has 0 aliphatic carbocycles. The van der Waals surface area contributed by atoms with Crippen molar-refractivity contribution in [3.63, 3.8) is 0 Å². The number of hydrogen-bond acceptors (Lipinski definition) is 20. The minimum absolute atomic E-state index is 0.0232. The highest BCUT2D eigenvalue weighted by Crippen LogP contribution is 2.27. The van der Waals surface area contributed by atoms with Crippen LogP contribution < -0.4 is 104 Å². The molecule has 0 unspecified atom stereocenters. The van der Waals surface area contributed by atoms with Crippen molar-refractivity contribution in [1.82, 2.24) is 63.8 Å². The number of aryl methyl sites for hydroxylation is 1. The first-order valence-corrected chi connectivity index (χ1v) is 42.5. The Kier molecular flexibility index (Phi) is 51.2. The van der Waals surface area contributed by atoms with Crippen LogP contribution in [-0.2, 0) is 75.2 Å². The Balaban J connectivity index is 2.30. The van der Waals surface area contributed by atoms with Crippen molar-refractivity contribution < 1.29 is 67.4 Å². The molecule has 0 aromatic heterocycles. The third-order valence-corrected chi connectivity index (χ3v) is 20.4. The molecule has 12 atom stereocenters. The van der Waals surface area contributed by atoms with Gasteiger partial charge in [-0.2, -0.15) is 0 Å². The predicted octanol–water partition coefficient (Wildman–Crippen LogP) is 1.79. The Morgan fingerprint density at radius 3 is 1.02 bits per heavy atom. The van der Waals surface area contributed by atoms with Crippen LogP contribution in [0.2, 0.25) is 0 Å². The van der Waals surface area contributed by atoms with E-state index < -0.39 is 173 Å². The maximum Gasteiger partial charge on any atom is 0.326 e. The minimum atomic E-state index is -1.24. The van der Waals surface area contributed by atoms with Crippen LogP contribution in [0.3, 0.4) is 0 Å². The summed E-state index contributed by atoms with van der Waals surface area (Å²) in [6, 6.07) is 1.89. The normalized spacial score (nSPS) is 14.6. The van der Waals surface area contributed by atoms with Gasteiger partial charge in [0.1, 0.15) is 66.5 Å². The third-order valence-electron chi connectivity index (χ3n) is 20.4. The summed E-state index contributed by atoms with van der Waals surface area (Å²) in [5, 5.41) is 43.5. The molecule has 2 aromatic rings. The number of unbranched alkanes of at least 4 members (excludes halogenated alkanes) is 6. The van der Waals surface area contributed by atoms with E-state index in [1.165, 1.54) is 0 Å². The molecule has 0 radical (unpaired) electrons. The maximum atomic E-state index is 14.4. The van der Waals surface area contributed by atoms with Gasteiger partial charge in [-0.25, -0.2) is 4.79 Å². The SMILES string of the molecule is CC(C)C[C@H](NC(=O)[C@H](CCCCN)NC(=O)[C@@H](NC(=O)[C@H](CCCCN)NC(=O)[C@@H](NC(=O)[C@@H](N)CCCCN)C(C)C)C(C)C)C(=O)NCCc1cccc(-c2ccccc2CCC(=O)N[C@H](C(=O)N[C@@H](CCCCN)C(=O)N[C@H](C(=O)N[C@@H](CCCCN)C(=O)N[C@H](C(=O)N[C@@H](CCCCN)C(=O)O)C(C)C)C(C)C)C(C)C)c1. The highest BCUT2D eigenvalue weighted by Gasteiger charge is 2.38. The van der Waals surface area contributed by atoms with Crippen molar-refractivity contribution in [2.75, 3.05) is 45.8 Å². The highest BCUT2D eigenvalue weighted by molar-refractivity contribution is 5.99. The molecule has 33 heteroatoms. The lowest BCUT2D eigenvalue weighted by molar-refractivity contribution is -0.143. The summed E-state index contributed by atoms with van der Waals surface area (Å²) in [5.41, 5.74) is 44.1. The van der Waals surface area contributed by atoms with Gasteiger partial charge in [-0.15, -0.1) is 0 Å². The Labute approximate surface area is 694 Å². The molecule has 0 aliphatic heterocycles. The number of rotatable bonds is 61. The number of nitrogens with one attached hydrogen (secondary N) is 12. The van der Waals surface area contributed by atoms with E-state index >= 15 is 0 Å². The van der Waals surface area contributed by atoms with Gasteiger partial charge >= 0.3 is 5.97 Å². The molecule has 0 saturated carbocycles. The largest absolute Gasteiger partial charge is 0.480 e. The van der Waals surface area contributed by atoms with Crippen LogP contribution in [0.1, 0.15) is 223 Å². The number of amides is 12. The van der Waals surface area contributed by atoms with E-state index in [9.17, 15) is 67.4 Å². The van der Waals surface area contributed by atoms with E-state index in [0.29, 0.717) is 129 Å². The number of nitrogens with two attached hydrogens (primary N) is 7. The molecular weight excluding hydrogens is 1500 g/mol. The van der Waals surface area contributed by atoms with Gasteiger partial charge in [-0.05, 0) is 225 Å². The molecule has 2 rings (SSSR count). The first-order valence-electron chi connectivity index (χ1n) is 42.5. The zero-order chi connectivity index (χ0) is 87.9. The molecular formula is C84H147N19O14. The highest BCUT2D eigenvalue weighted by atomic mass is 16.4. The molecule has 0 fully saturated rings. The number of carboxylic acids is 1. The molecule has 0 heterocycles. The van der Waals surface area contributed by atoms with Crippen LogP contribution in [-0.4, -0.2) is 200 Å². The maximum absolute atomic E-state index is 14.4. The van der Waals surface area contributed by atoms with Gasteiger partial charge in [0.05, 0.1) is 6.04 Å². The smallest absolute Gasteiger partial charge is 0.326 e. The second-order valence-electron chi connectivity index (χ2n) is 32.8. The number of aliphatic carboxylic acids is 1. The number of carboxylic acid groups (broad SMARTS) is 1. The zero-order valence-electron chi connectivity index (χ0n) is 71.8. The summed E-state index contributed by atoms with van der Waals surface area (Å²) >= 11 is 0. The average Bonchev–Trinajstić information content (AvgIpc) is 0.842. The Hall–Kier alpha value is -8.73. The number of benzene rings is 2. The molecule has 0 bridgehead atoms. The fraction of sp³-hybridized carbons (Fsp3) is 0.702. The van der Waals surface area contributed by atoms with E-state index in [2.05, 4.69) is 63.8 Å². The Morgan fingerprint density at radius 1 is 0.333 bits per heavy atom. The van der Waals surface area contributed by atoms with Gasteiger partial charge in [0.25, 0.3) is 0 Å². The lowest BCUT2D eigenvalue weighted by Gasteiger charge is -2.30. The van der Waals surface area contributed by atoms with Crippen molar-refractivity contribution in [3.8, 4) is 11.1 Å². The van der Waals surface area contributed by atoms with Crippen molar-refractivity contribution in [2.24, 2.45) is 75.6 Å². The van der Waals surface area contributed by atoms with E-state index in [1.54, 1.807) is 69.2 Å². The van der Waals surface area contributed by atoms with Gasteiger partial charge in [0.15, 0.2) is 0 Å². The van der Waals surface area contributed by atoms with Crippen LogP contribution in [0.15, 0.2) is 48.5 Å². The first kappa shape index (κ1) is 104. The number of hydrogen-bond donors (Lipinski definition) is 20. The standard InChI is InChI=1S/C84H147N19O14/c1-50(2)48-66(98-75(107)61(33-16-22-42-86)93-81(113)70(53(7)8)101-77(109)63(35-18-24-44-88)95-80(112)69(52(5)6)100-73(105)60(91)32-15-21-41-85)74(106)92-47-40-56-28-27-30-58(49-56)59-31-14-13-29-57(59)38-39-67(104)99-68(51(3)4)79(111)94-62(34-17-23-43-87)76(108)102-71(54(9)10)82(114)96-64(36-19-25-45-89)78(110)103-72(55(11)12)83(115)97-65(84(116)117)37-20-26-46-90/h13-14,27-31,49-55,60-66,68-72H,15-26,32-48,85-91H2,1-12H3,(H,92,106)(H,93,113)(H,94,111)(H,95,112)(H,96,114)(H,97,115)(H,98,107)(H,99,104)(H,100,105)(H,101,109)(H,102,108)(H,103,110)(H,116,117)/t60-,61-,62-,63-,64-,65-,66-,68-,69-,70-,71-,72-/m0/s1. The lowest BCUT2D eigenvalue weighted by atomic mass is 9.94. The van der Waals surface area contributed by atoms with Gasteiger partial charge in [0, 0.05) is 13.0 Å². The molecule has 0 saturated heterocycles. The molecule has 662 valence electrons. The number of carbonyl (C=O) groups is 13. The van der Waals surface area contributed by atoms with Crippen molar-refractivity contribution in [2.45, 2.75) is 297 Å². The minimum Gasteiger partial charge on any atom is -0.480 e. The second-order valence-corrected chi connectivity index (χ2v) is 32.8. The Bertz CT molecular complexity index is 3400. The van der Waals surface area contributed by atoms with Gasteiger partial charge in [-0.3, -0.25) is 57.5 Å². The van der Waals surface area contributed by atoms with E-state index in [4.69, 9.17) is 40.1 Å². The van der Waals surface area contributed by atoms with E-state index in [0.717, 1.165) is 22.3 Å². The summed E-state index contributed by atoms with van der Waals surface area (Å²) in [5.74, 6) is -11.0. The summed E-state index contributed by atoms with van der Waals surface area (Å²) in [4.78, 5) is 181. The predicted molar refractivity (Wildman–Crippen MR) is 455 cm³/mol. The average molecular weight is 1650 g/mol. The first-order chi connectivity index (χ1) is 55.5. The van der Waals surface area contributed by atoms with Crippen molar-refractivity contribution >= 4 is 76.9 Å². The molecule has 27 N–H and O–H groups in total. The summed E-state index contributed by atoms with van der Waals surface area (Å²) < 4.78 is 0. The monoisotopic (exact) mass is 1650 g/mol. The van der Waals surface area contributed by atoms with Crippen LogP contribution in [0.5, 0.6) is 0 Å². The van der Waals surface area contributed by atoms with Gasteiger partial charge in [-0.1, -0.05) is 138 Å². The van der Waals surface area contributed by atoms with Crippen LogP contribution in [0.25, 0.3) is 11.1 Å². The molecule has 12 amide bonds. The van der Waals surface area contributed by atoms with Crippen molar-refractivity contribution in [1.29, 1.82) is 0 Å². The van der Waals surface area contributed by atoms with E-state index in [-0.39, 0.29) is 69.7 Å². The number of carbonyl (C=O) groups excluding carboxylic acids is 12. The molecule has 117 heavy (non-hydrogen) atoms. The zero-order valence-corrected chi connectivity index (χ0v) is 71.8. The lowest BCUT2D eigenvalue weighted by Crippen LogP contribution is -2.61.